The third kappa shape index (κ3) is 3.98. The molecular formula is C25H26N4O. The summed E-state index contributed by atoms with van der Waals surface area (Å²) < 4.78 is 0. The summed E-state index contributed by atoms with van der Waals surface area (Å²) in [5, 5.41) is 3.01. The fraction of sp³-hybridized carbons (Fsp3) is 0.320. The normalized spacial score (nSPS) is 16.1. The highest BCUT2D eigenvalue weighted by Crippen LogP contribution is 2.37. The maximum absolute atomic E-state index is 12.1. The molecule has 0 bridgehead atoms. The zero-order valence-electron chi connectivity index (χ0n) is 17.1. The molecule has 2 heterocycles. The monoisotopic (exact) mass is 398 g/mol. The van der Waals surface area contributed by atoms with Crippen molar-refractivity contribution in [2.45, 2.75) is 25.8 Å². The van der Waals surface area contributed by atoms with Gasteiger partial charge in [0.2, 0.25) is 0 Å². The van der Waals surface area contributed by atoms with Gasteiger partial charge in [0.1, 0.15) is 5.69 Å². The van der Waals surface area contributed by atoms with E-state index in [1.165, 1.54) is 34.0 Å². The van der Waals surface area contributed by atoms with Gasteiger partial charge in [0, 0.05) is 25.5 Å². The number of likely N-dealkylation sites (tertiary alicyclic amines) is 1. The van der Waals surface area contributed by atoms with E-state index in [0.717, 1.165) is 38.9 Å². The van der Waals surface area contributed by atoms with Crippen molar-refractivity contribution < 1.29 is 4.79 Å². The minimum absolute atomic E-state index is 0.135. The summed E-state index contributed by atoms with van der Waals surface area (Å²) >= 11 is 0. The predicted molar refractivity (Wildman–Crippen MR) is 117 cm³/mol. The fourth-order valence-corrected chi connectivity index (χ4v) is 4.65. The van der Waals surface area contributed by atoms with Gasteiger partial charge in [0.05, 0.1) is 6.20 Å². The molecule has 1 aromatic heterocycles. The molecule has 1 aliphatic heterocycles. The number of hydrogen-bond acceptors (Lipinski definition) is 4. The molecule has 0 saturated carbocycles. The first kappa shape index (κ1) is 18.9. The van der Waals surface area contributed by atoms with Gasteiger partial charge in [-0.05, 0) is 66.1 Å². The molecule has 5 heteroatoms. The highest BCUT2D eigenvalue weighted by molar-refractivity contribution is 5.91. The van der Waals surface area contributed by atoms with Gasteiger partial charge < -0.3 is 5.32 Å². The second kappa shape index (κ2) is 8.36. The zero-order chi connectivity index (χ0) is 20.3. The molecule has 1 aliphatic carbocycles. The number of carbonyl (C=O) groups is 1. The lowest BCUT2D eigenvalue weighted by atomic mass is 9.96. The molecule has 1 fully saturated rings. The fourth-order valence-electron chi connectivity index (χ4n) is 4.65. The van der Waals surface area contributed by atoms with Gasteiger partial charge in [-0.25, -0.2) is 4.98 Å². The number of hydrogen-bond donors (Lipinski definition) is 1. The topological polar surface area (TPSA) is 58.1 Å². The molecule has 3 aromatic rings. The second-order valence-corrected chi connectivity index (χ2v) is 8.35. The van der Waals surface area contributed by atoms with Crippen LogP contribution in [0.5, 0.6) is 0 Å². The first-order chi connectivity index (χ1) is 14.8. The van der Waals surface area contributed by atoms with Crippen LogP contribution in [0.25, 0.3) is 11.1 Å². The second-order valence-electron chi connectivity index (χ2n) is 8.35. The van der Waals surface area contributed by atoms with Crippen molar-refractivity contribution in [3.8, 4) is 11.1 Å². The number of fused-ring (bicyclic) bond motifs is 3. The Morgan fingerprint density at radius 1 is 1.03 bits per heavy atom. The molecule has 0 atom stereocenters. The van der Waals surface area contributed by atoms with E-state index in [9.17, 15) is 4.79 Å². The third-order valence-corrected chi connectivity index (χ3v) is 6.32. The molecule has 0 spiro atoms. The SMILES string of the molecule is O=C(NCC1CCN(Cc2ccc3c(c2)Cc2ccccc2-3)CC1)c1cnccn1. The molecule has 5 rings (SSSR count). The van der Waals surface area contributed by atoms with Crippen molar-refractivity contribution >= 4 is 5.91 Å². The van der Waals surface area contributed by atoms with Crippen LogP contribution in [0.2, 0.25) is 0 Å². The van der Waals surface area contributed by atoms with Crippen LogP contribution in [-0.4, -0.2) is 40.4 Å². The lowest BCUT2D eigenvalue weighted by Crippen LogP contribution is -2.38. The molecule has 30 heavy (non-hydrogen) atoms. The number of rotatable bonds is 5. The minimum Gasteiger partial charge on any atom is -0.350 e. The van der Waals surface area contributed by atoms with E-state index in [4.69, 9.17) is 0 Å². The van der Waals surface area contributed by atoms with E-state index in [2.05, 4.69) is 62.6 Å². The number of nitrogens with zero attached hydrogens (tertiary/aromatic N) is 3. The van der Waals surface area contributed by atoms with Crippen LogP contribution in [0, 0.1) is 5.92 Å². The summed E-state index contributed by atoms with van der Waals surface area (Å²) in [4.78, 5) is 22.7. The molecule has 2 aromatic carbocycles. The van der Waals surface area contributed by atoms with Crippen molar-refractivity contribution in [1.29, 1.82) is 0 Å². The number of piperidine rings is 1. The maximum Gasteiger partial charge on any atom is 0.271 e. The van der Waals surface area contributed by atoms with E-state index in [-0.39, 0.29) is 5.91 Å². The van der Waals surface area contributed by atoms with E-state index in [1.54, 1.807) is 12.4 Å². The van der Waals surface area contributed by atoms with Crippen LogP contribution in [0.15, 0.2) is 61.1 Å². The van der Waals surface area contributed by atoms with Crippen LogP contribution in [-0.2, 0) is 13.0 Å². The Bertz CT molecular complexity index is 1040. The third-order valence-electron chi connectivity index (χ3n) is 6.32. The Labute approximate surface area is 177 Å². The van der Waals surface area contributed by atoms with Crippen molar-refractivity contribution in [2.24, 2.45) is 5.92 Å². The zero-order valence-corrected chi connectivity index (χ0v) is 17.1. The van der Waals surface area contributed by atoms with Crippen molar-refractivity contribution in [3.05, 3.63) is 83.4 Å². The lowest BCUT2D eigenvalue weighted by Gasteiger charge is -2.32. The van der Waals surface area contributed by atoms with Crippen molar-refractivity contribution in [2.75, 3.05) is 19.6 Å². The molecular weight excluding hydrogens is 372 g/mol. The molecule has 1 amide bonds. The predicted octanol–water partition coefficient (Wildman–Crippen LogP) is 3.69. The van der Waals surface area contributed by atoms with E-state index in [0.29, 0.717) is 18.2 Å². The quantitative estimate of drug-likeness (QED) is 0.557. The molecule has 0 unspecified atom stereocenters. The van der Waals surface area contributed by atoms with Gasteiger partial charge in [-0.15, -0.1) is 0 Å². The average molecular weight is 399 g/mol. The molecule has 0 radical (unpaired) electrons. The summed E-state index contributed by atoms with van der Waals surface area (Å²) in [7, 11) is 0. The van der Waals surface area contributed by atoms with Crippen LogP contribution < -0.4 is 5.32 Å². The van der Waals surface area contributed by atoms with Crippen LogP contribution >= 0.6 is 0 Å². The largest absolute Gasteiger partial charge is 0.350 e. The lowest BCUT2D eigenvalue weighted by molar-refractivity contribution is 0.0930. The summed E-state index contributed by atoms with van der Waals surface area (Å²) in [5.41, 5.74) is 7.46. The van der Waals surface area contributed by atoms with E-state index >= 15 is 0 Å². The highest BCUT2D eigenvalue weighted by Gasteiger charge is 2.22. The first-order valence-corrected chi connectivity index (χ1v) is 10.7. The first-order valence-electron chi connectivity index (χ1n) is 10.7. The Morgan fingerprint density at radius 3 is 2.70 bits per heavy atom. The Hall–Kier alpha value is -3.05. The van der Waals surface area contributed by atoms with Gasteiger partial charge in [-0.3, -0.25) is 14.7 Å². The number of amides is 1. The standard InChI is InChI=1S/C25H26N4O/c30-25(24-16-26-9-10-27-24)28-15-18-7-11-29(12-8-18)17-19-5-6-23-21(13-19)14-20-3-1-2-4-22(20)23/h1-6,9-10,13,16,18H,7-8,11-12,14-15,17H2,(H,28,30). The van der Waals surface area contributed by atoms with Gasteiger partial charge in [-0.1, -0.05) is 42.5 Å². The molecule has 2 aliphatic rings. The Morgan fingerprint density at radius 2 is 1.87 bits per heavy atom. The molecule has 152 valence electrons. The summed E-state index contributed by atoms with van der Waals surface area (Å²) in [6.07, 6.45) is 7.89. The summed E-state index contributed by atoms with van der Waals surface area (Å²) in [5.74, 6) is 0.390. The Kier molecular flexibility index (Phi) is 5.28. The summed E-state index contributed by atoms with van der Waals surface area (Å²) in [6, 6.07) is 15.7. The molecule has 1 saturated heterocycles. The smallest absolute Gasteiger partial charge is 0.271 e. The van der Waals surface area contributed by atoms with E-state index in [1.807, 2.05) is 0 Å². The molecule has 1 N–H and O–H groups in total. The van der Waals surface area contributed by atoms with Gasteiger partial charge in [0.15, 0.2) is 0 Å². The van der Waals surface area contributed by atoms with Gasteiger partial charge in [0.25, 0.3) is 5.91 Å². The van der Waals surface area contributed by atoms with Crippen LogP contribution in [0.3, 0.4) is 0 Å². The number of benzene rings is 2. The van der Waals surface area contributed by atoms with Crippen LogP contribution in [0.4, 0.5) is 0 Å². The average Bonchev–Trinajstić information content (AvgIpc) is 3.17. The Balaban J connectivity index is 1.12. The van der Waals surface area contributed by atoms with Crippen molar-refractivity contribution in [3.63, 3.8) is 0 Å². The minimum atomic E-state index is -0.135. The number of carbonyl (C=O) groups excluding carboxylic acids is 1. The number of nitrogens with one attached hydrogen (secondary N) is 1. The van der Waals surface area contributed by atoms with Gasteiger partial charge >= 0.3 is 0 Å². The highest BCUT2D eigenvalue weighted by atomic mass is 16.1. The van der Waals surface area contributed by atoms with E-state index < -0.39 is 0 Å². The van der Waals surface area contributed by atoms with Crippen LogP contribution in [0.1, 0.15) is 40.0 Å². The number of aromatic nitrogens is 2. The van der Waals surface area contributed by atoms with Crippen molar-refractivity contribution in [1.82, 2.24) is 20.2 Å². The maximum atomic E-state index is 12.1. The molecule has 5 nitrogen and oxygen atoms in total. The summed E-state index contributed by atoms with van der Waals surface area (Å²) in [6.45, 7) is 3.86. The van der Waals surface area contributed by atoms with Gasteiger partial charge in [-0.2, -0.15) is 0 Å².